The summed E-state index contributed by atoms with van der Waals surface area (Å²) in [5.41, 5.74) is 0. The number of aliphatic hydroxyl groups is 1. The number of carbonyl (C=O) groups excluding carboxylic acids is 1. The maximum atomic E-state index is 10.8. The van der Waals surface area contributed by atoms with E-state index in [1.807, 2.05) is 0 Å². The quantitative estimate of drug-likeness (QED) is 0.619. The summed E-state index contributed by atoms with van der Waals surface area (Å²) in [7, 11) is 0. The number of hydrogen-bond acceptors (Lipinski definition) is 2. The number of carbonyl (C=O) groups is 1. The number of nitrogens with zero attached hydrogens (tertiary/aromatic N) is 1. The second-order valence-electron chi connectivity index (χ2n) is 2.39. The van der Waals surface area contributed by atoms with Gasteiger partial charge in [-0.15, -0.1) is 0 Å². The van der Waals surface area contributed by atoms with E-state index in [0.717, 1.165) is 0 Å². The Bertz CT molecular complexity index is 212. The number of likely N-dealkylation sites (tertiary alicyclic amines) is 1. The van der Waals surface area contributed by atoms with Crippen molar-refractivity contribution in [2.45, 2.75) is 0 Å². The van der Waals surface area contributed by atoms with Crippen LogP contribution in [0.1, 0.15) is 0 Å². The number of aliphatic hydroxyl groups excluding tert-OH is 1. The summed E-state index contributed by atoms with van der Waals surface area (Å²) < 4.78 is 0. The Balaban J connectivity index is 2.27. The zero-order valence-corrected chi connectivity index (χ0v) is 7.47. The van der Waals surface area contributed by atoms with Gasteiger partial charge < -0.3 is 10.0 Å². The smallest absolute Gasteiger partial charge is 0.248 e. The lowest BCUT2D eigenvalue weighted by Crippen LogP contribution is -2.50. The third kappa shape index (κ3) is 1.95. The zero-order chi connectivity index (χ0) is 8.27. The molecule has 1 aliphatic rings. The summed E-state index contributed by atoms with van der Waals surface area (Å²) in [6.45, 7) is 0.907. The number of rotatable bonds is 1. The van der Waals surface area contributed by atoms with E-state index in [1.165, 1.54) is 0 Å². The molecule has 11 heavy (non-hydrogen) atoms. The first-order valence-electron chi connectivity index (χ1n) is 3.27. The Morgan fingerprint density at radius 3 is 2.82 bits per heavy atom. The molecule has 0 radical (unpaired) electrons. The molecule has 60 valence electrons. The van der Waals surface area contributed by atoms with Crippen LogP contribution in [0.4, 0.5) is 0 Å². The van der Waals surface area contributed by atoms with Gasteiger partial charge in [0.2, 0.25) is 5.91 Å². The predicted molar refractivity (Wildman–Crippen MR) is 43.9 cm³/mol. The van der Waals surface area contributed by atoms with Gasteiger partial charge in [0, 0.05) is 29.0 Å². The van der Waals surface area contributed by atoms with Gasteiger partial charge in [0.15, 0.2) is 0 Å². The van der Waals surface area contributed by atoms with Gasteiger partial charge in [-0.05, 0) is 4.83 Å². The maximum absolute atomic E-state index is 10.8. The van der Waals surface area contributed by atoms with E-state index in [1.54, 1.807) is 4.90 Å². The number of amides is 1. The first-order valence-corrected chi connectivity index (χ1v) is 4.07. The molecule has 0 aromatic carbocycles. The first-order chi connectivity index (χ1) is 5.27. The van der Waals surface area contributed by atoms with E-state index in [4.69, 9.17) is 5.11 Å². The van der Waals surface area contributed by atoms with E-state index >= 15 is 0 Å². The summed E-state index contributed by atoms with van der Waals surface area (Å²) in [6.07, 6.45) is 0. The van der Waals surface area contributed by atoms with Crippen LogP contribution in [0.2, 0.25) is 0 Å². The van der Waals surface area contributed by atoms with Gasteiger partial charge in [0.1, 0.15) is 6.61 Å². The van der Waals surface area contributed by atoms with Gasteiger partial charge in [-0.3, -0.25) is 4.79 Å². The highest BCUT2D eigenvalue weighted by molar-refractivity contribution is 9.12. The lowest BCUT2D eigenvalue weighted by molar-refractivity contribution is -0.139. The fraction of sp³-hybridized carbons (Fsp3) is 0.571. The second-order valence-corrected chi connectivity index (χ2v) is 2.79. The topological polar surface area (TPSA) is 40.5 Å². The van der Waals surface area contributed by atoms with Crippen molar-refractivity contribution in [3.8, 4) is 10.8 Å². The molecule has 1 heterocycles. The zero-order valence-electron chi connectivity index (χ0n) is 5.88. The van der Waals surface area contributed by atoms with E-state index in [2.05, 4.69) is 26.7 Å². The van der Waals surface area contributed by atoms with Crippen LogP contribution < -0.4 is 0 Å². The molecule has 1 saturated heterocycles. The van der Waals surface area contributed by atoms with Crippen molar-refractivity contribution in [2.75, 3.05) is 19.7 Å². The Morgan fingerprint density at radius 1 is 1.73 bits per heavy atom. The van der Waals surface area contributed by atoms with Crippen molar-refractivity contribution in [1.29, 1.82) is 0 Å². The van der Waals surface area contributed by atoms with Crippen LogP contribution in [0.15, 0.2) is 0 Å². The largest absolute Gasteiger partial charge is 0.387 e. The fourth-order valence-corrected chi connectivity index (χ4v) is 1.27. The molecular weight excluding hydrogens is 210 g/mol. The second kappa shape index (κ2) is 3.74. The van der Waals surface area contributed by atoms with Crippen LogP contribution in [0, 0.1) is 16.7 Å². The Hall–Kier alpha value is -0.530. The molecule has 1 aliphatic heterocycles. The summed E-state index contributed by atoms with van der Waals surface area (Å²) in [5, 5.41) is 8.45. The third-order valence-corrected chi connectivity index (χ3v) is 1.86. The van der Waals surface area contributed by atoms with Crippen molar-refractivity contribution in [3.63, 3.8) is 0 Å². The molecule has 0 spiro atoms. The number of halogens is 1. The average molecular weight is 218 g/mol. The van der Waals surface area contributed by atoms with Gasteiger partial charge in [-0.2, -0.15) is 0 Å². The minimum absolute atomic E-state index is 0.211. The monoisotopic (exact) mass is 217 g/mol. The molecule has 1 rings (SSSR count). The Labute approximate surface area is 73.5 Å². The minimum Gasteiger partial charge on any atom is -0.387 e. The molecule has 1 amide bonds. The molecule has 0 saturated carbocycles. The summed E-state index contributed by atoms with van der Waals surface area (Å²) in [6, 6.07) is 0. The molecule has 4 heteroatoms. The molecule has 0 atom stereocenters. The van der Waals surface area contributed by atoms with Crippen LogP contribution in [0.3, 0.4) is 0 Å². The normalized spacial score (nSPS) is 16.7. The molecule has 1 fully saturated rings. The summed E-state index contributed by atoms with van der Waals surface area (Å²) in [4.78, 5) is 15.0. The van der Waals surface area contributed by atoms with Crippen molar-refractivity contribution in [3.05, 3.63) is 0 Å². The van der Waals surface area contributed by atoms with Gasteiger partial charge >= 0.3 is 0 Å². The van der Waals surface area contributed by atoms with Crippen molar-refractivity contribution < 1.29 is 9.90 Å². The van der Waals surface area contributed by atoms with Crippen molar-refractivity contribution >= 4 is 21.8 Å². The molecular formula is C7H8BrNO2. The SMILES string of the molecule is O=C(CO)N1CC(C#CBr)C1. The molecule has 0 aromatic rings. The highest BCUT2D eigenvalue weighted by atomic mass is 79.9. The standard InChI is InChI=1S/C7H8BrNO2/c8-2-1-6-3-9(4-6)7(11)5-10/h6,10H,3-5H2. The van der Waals surface area contributed by atoms with Crippen molar-refractivity contribution in [2.24, 2.45) is 5.92 Å². The maximum Gasteiger partial charge on any atom is 0.248 e. The van der Waals surface area contributed by atoms with E-state index < -0.39 is 6.61 Å². The van der Waals surface area contributed by atoms with Gasteiger partial charge in [0.25, 0.3) is 0 Å². The number of hydrogen-bond donors (Lipinski definition) is 1. The predicted octanol–water partition coefficient (Wildman–Crippen LogP) is -0.207. The molecule has 0 aliphatic carbocycles. The van der Waals surface area contributed by atoms with Crippen molar-refractivity contribution in [1.82, 2.24) is 4.90 Å². The Kier molecular flexibility index (Phi) is 2.92. The molecule has 1 N–H and O–H groups in total. The van der Waals surface area contributed by atoms with Gasteiger partial charge in [0.05, 0.1) is 5.92 Å². The van der Waals surface area contributed by atoms with E-state index in [-0.39, 0.29) is 11.8 Å². The van der Waals surface area contributed by atoms with E-state index in [9.17, 15) is 4.79 Å². The highest BCUT2D eigenvalue weighted by Gasteiger charge is 2.28. The highest BCUT2D eigenvalue weighted by Crippen LogP contribution is 2.13. The van der Waals surface area contributed by atoms with Crippen LogP contribution >= 0.6 is 15.9 Å². The molecule has 3 nitrogen and oxygen atoms in total. The first kappa shape index (κ1) is 8.57. The van der Waals surface area contributed by atoms with Gasteiger partial charge in [-0.1, -0.05) is 5.92 Å². The van der Waals surface area contributed by atoms with Crippen LogP contribution in [0.5, 0.6) is 0 Å². The van der Waals surface area contributed by atoms with E-state index in [0.29, 0.717) is 13.1 Å². The lowest BCUT2D eigenvalue weighted by atomic mass is 10.0. The van der Waals surface area contributed by atoms with Crippen LogP contribution in [-0.4, -0.2) is 35.6 Å². The summed E-state index contributed by atoms with van der Waals surface area (Å²) >= 11 is 2.98. The minimum atomic E-state index is -0.394. The van der Waals surface area contributed by atoms with Crippen LogP contribution in [0.25, 0.3) is 0 Å². The molecule has 0 unspecified atom stereocenters. The lowest BCUT2D eigenvalue weighted by Gasteiger charge is -2.35. The third-order valence-electron chi connectivity index (χ3n) is 1.63. The average Bonchev–Trinajstić information content (AvgIpc) is 1.94. The fourth-order valence-electron chi connectivity index (χ4n) is 0.951. The Morgan fingerprint density at radius 2 is 2.36 bits per heavy atom. The van der Waals surface area contributed by atoms with Gasteiger partial charge in [-0.25, -0.2) is 0 Å². The summed E-state index contributed by atoms with van der Waals surface area (Å²) in [5.74, 6) is 2.95. The molecule has 0 bridgehead atoms. The molecule has 0 aromatic heterocycles. The van der Waals surface area contributed by atoms with Crippen LogP contribution in [-0.2, 0) is 4.79 Å².